The van der Waals surface area contributed by atoms with Gasteiger partial charge in [0.1, 0.15) is 11.0 Å². The highest BCUT2D eigenvalue weighted by molar-refractivity contribution is 7.90. The zero-order valence-corrected chi connectivity index (χ0v) is 25.9. The molecular formula is C31H47N3O7S. The maximum absolute atomic E-state index is 12.7. The monoisotopic (exact) mass is 605 g/mol. The first kappa shape index (κ1) is 30.1. The summed E-state index contributed by atoms with van der Waals surface area (Å²) >= 11 is 0. The molecule has 1 aromatic heterocycles. The van der Waals surface area contributed by atoms with E-state index in [-0.39, 0.29) is 58.5 Å². The zero-order valence-electron chi connectivity index (χ0n) is 25.1. The lowest BCUT2D eigenvalue weighted by Gasteiger charge is -2.62. The number of amides is 1. The van der Waals surface area contributed by atoms with E-state index in [4.69, 9.17) is 9.47 Å². The Labute approximate surface area is 249 Å². The van der Waals surface area contributed by atoms with Crippen LogP contribution >= 0.6 is 0 Å². The molecule has 5 fully saturated rings. The van der Waals surface area contributed by atoms with Gasteiger partial charge >= 0.3 is 12.1 Å². The van der Waals surface area contributed by atoms with Gasteiger partial charge in [-0.2, -0.15) is 0 Å². The van der Waals surface area contributed by atoms with Crippen molar-refractivity contribution < 1.29 is 32.9 Å². The molecule has 42 heavy (non-hydrogen) atoms. The van der Waals surface area contributed by atoms with Crippen LogP contribution in [0.2, 0.25) is 0 Å². The molecule has 6 rings (SSSR count). The number of aliphatic hydroxyl groups is 2. The molecular weight excluding hydrogens is 558 g/mol. The third-order valence-corrected chi connectivity index (χ3v) is 13.6. The molecule has 234 valence electrons. The number of hydrogen-bond donors (Lipinski definition) is 3. The van der Waals surface area contributed by atoms with E-state index in [1.54, 1.807) is 0 Å². The highest BCUT2D eigenvalue weighted by Crippen LogP contribution is 2.68. The molecule has 5 saturated carbocycles. The maximum atomic E-state index is 12.7. The highest BCUT2D eigenvalue weighted by Gasteiger charge is 2.63. The van der Waals surface area contributed by atoms with Gasteiger partial charge in [-0.1, -0.05) is 20.8 Å². The molecule has 3 N–H and O–H groups in total. The summed E-state index contributed by atoms with van der Waals surface area (Å²) < 4.78 is 38.5. The summed E-state index contributed by atoms with van der Waals surface area (Å²) in [6, 6.07) is 0.125. The van der Waals surface area contributed by atoms with Crippen molar-refractivity contribution in [3.8, 4) is 6.01 Å². The Hall–Kier alpha value is -1.98. The third-order valence-electron chi connectivity index (χ3n) is 12.3. The standard InChI is InChI=1S/C31H47N3O7S/c1-18(17-40-29(37)34-42(38,39)22-15-32-28(33-16-22)41-21-5-4-6-21)23-7-8-24-27-25(10-12-31(23,24)3)30(2)11-9-20(35)13-19(30)14-26(27)36/h15-16,18-21,23-27,35-36H,4-14,17H2,1-3H3,(H,34,37)/t18-,19+,20-,23-,24+,25+,26-,27+,30+,31-/m1/s1. The van der Waals surface area contributed by atoms with Crippen LogP contribution in [-0.2, 0) is 14.8 Å². The molecule has 1 aromatic rings. The molecule has 11 heteroatoms. The number of carbonyl (C=O) groups is 1. The number of hydrogen-bond acceptors (Lipinski definition) is 9. The van der Waals surface area contributed by atoms with Crippen LogP contribution in [0.1, 0.15) is 91.4 Å². The van der Waals surface area contributed by atoms with Crippen molar-refractivity contribution in [2.45, 2.75) is 115 Å². The molecule has 0 spiro atoms. The predicted octanol–water partition coefficient (Wildman–Crippen LogP) is 4.45. The van der Waals surface area contributed by atoms with Crippen molar-refractivity contribution in [3.63, 3.8) is 0 Å². The van der Waals surface area contributed by atoms with Gasteiger partial charge in [0, 0.05) is 0 Å². The van der Waals surface area contributed by atoms with Crippen LogP contribution in [-0.4, -0.2) is 59.6 Å². The molecule has 5 aliphatic rings. The number of aromatic nitrogens is 2. The first-order valence-electron chi connectivity index (χ1n) is 15.9. The molecule has 0 bridgehead atoms. The highest BCUT2D eigenvalue weighted by atomic mass is 32.2. The molecule has 0 aromatic carbocycles. The second-order valence-corrected chi connectivity index (χ2v) is 16.2. The van der Waals surface area contributed by atoms with Crippen LogP contribution in [0.15, 0.2) is 17.3 Å². The van der Waals surface area contributed by atoms with Gasteiger partial charge in [0.05, 0.1) is 31.2 Å². The van der Waals surface area contributed by atoms with E-state index in [2.05, 4.69) is 30.7 Å². The van der Waals surface area contributed by atoms with Gasteiger partial charge in [-0.15, -0.1) is 0 Å². The summed E-state index contributed by atoms with van der Waals surface area (Å²) in [6.07, 6.45) is 11.4. The van der Waals surface area contributed by atoms with Gasteiger partial charge in [-0.3, -0.25) is 0 Å². The van der Waals surface area contributed by atoms with Crippen LogP contribution in [0.25, 0.3) is 0 Å². The molecule has 0 aliphatic heterocycles. The van der Waals surface area contributed by atoms with Gasteiger partial charge < -0.3 is 19.7 Å². The Morgan fingerprint density at radius 3 is 2.40 bits per heavy atom. The number of ether oxygens (including phenoxy) is 2. The molecule has 0 unspecified atom stereocenters. The van der Waals surface area contributed by atoms with E-state index in [1.807, 2.05) is 4.72 Å². The van der Waals surface area contributed by atoms with Crippen LogP contribution in [0, 0.1) is 46.3 Å². The van der Waals surface area contributed by atoms with Gasteiger partial charge in [-0.25, -0.2) is 27.9 Å². The summed E-state index contributed by atoms with van der Waals surface area (Å²) in [4.78, 5) is 20.3. The average Bonchev–Trinajstić information content (AvgIpc) is 3.27. The second kappa shape index (κ2) is 11.2. The van der Waals surface area contributed by atoms with Crippen molar-refractivity contribution in [3.05, 3.63) is 12.4 Å². The Morgan fingerprint density at radius 2 is 1.71 bits per heavy atom. The molecule has 10 atom stereocenters. The molecule has 1 heterocycles. The van der Waals surface area contributed by atoms with Gasteiger partial charge in [0.25, 0.3) is 10.0 Å². The first-order chi connectivity index (χ1) is 19.9. The lowest BCUT2D eigenvalue weighted by atomic mass is 9.43. The fraction of sp³-hybridized carbons (Fsp3) is 0.839. The van der Waals surface area contributed by atoms with Crippen molar-refractivity contribution in [2.75, 3.05) is 6.61 Å². The lowest BCUT2D eigenvalue weighted by Crippen LogP contribution is -2.58. The third kappa shape index (κ3) is 5.31. The number of sulfonamides is 1. The van der Waals surface area contributed by atoms with E-state index in [9.17, 15) is 23.4 Å². The first-order valence-corrected chi connectivity index (χ1v) is 17.4. The normalized spacial score (nSPS) is 40.5. The summed E-state index contributed by atoms with van der Waals surface area (Å²) in [7, 11) is -4.18. The SMILES string of the molecule is C[C@H](COC(=O)NS(=O)(=O)c1cnc(OC2CCC2)nc1)[C@H]1CC[C@H]2[C@@H]3[C@H](O)C[C@@H]4C[C@H](O)CC[C@]4(C)[C@H]3CC[C@]12C. The maximum Gasteiger partial charge on any atom is 0.421 e. The molecule has 0 radical (unpaired) electrons. The van der Waals surface area contributed by atoms with Crippen LogP contribution in [0.4, 0.5) is 4.79 Å². The minimum atomic E-state index is -4.18. The Kier molecular flexibility index (Phi) is 8.00. The number of fused-ring (bicyclic) bond motifs is 5. The summed E-state index contributed by atoms with van der Waals surface area (Å²) in [5.74, 6) is 1.89. The van der Waals surface area contributed by atoms with E-state index in [1.165, 1.54) is 0 Å². The number of rotatable bonds is 7. The second-order valence-electron chi connectivity index (χ2n) is 14.5. The lowest BCUT2D eigenvalue weighted by molar-refractivity contribution is -0.174. The van der Waals surface area contributed by atoms with Crippen LogP contribution < -0.4 is 9.46 Å². The number of aliphatic hydroxyl groups excluding tert-OH is 2. The molecule has 5 aliphatic carbocycles. The molecule has 1 amide bonds. The van der Waals surface area contributed by atoms with Crippen molar-refractivity contribution in [1.82, 2.24) is 14.7 Å². The van der Waals surface area contributed by atoms with Crippen molar-refractivity contribution >= 4 is 16.1 Å². The average molecular weight is 606 g/mol. The van der Waals surface area contributed by atoms with Gasteiger partial charge in [0.15, 0.2) is 0 Å². The summed E-state index contributed by atoms with van der Waals surface area (Å²) in [5, 5.41) is 21.8. The minimum absolute atomic E-state index is 0.0332. The quantitative estimate of drug-likeness (QED) is 0.410. The smallest absolute Gasteiger partial charge is 0.421 e. The Morgan fingerprint density at radius 1 is 1.02 bits per heavy atom. The predicted molar refractivity (Wildman–Crippen MR) is 154 cm³/mol. The Balaban J connectivity index is 1.05. The Bertz CT molecular complexity index is 1260. The number of carbonyl (C=O) groups excluding carboxylic acids is 1. The fourth-order valence-corrected chi connectivity index (χ4v) is 10.6. The largest absolute Gasteiger partial charge is 0.460 e. The van der Waals surface area contributed by atoms with E-state index < -0.39 is 16.1 Å². The molecule has 10 nitrogen and oxygen atoms in total. The minimum Gasteiger partial charge on any atom is -0.460 e. The van der Waals surface area contributed by atoms with Crippen molar-refractivity contribution in [2.24, 2.45) is 46.3 Å². The van der Waals surface area contributed by atoms with Crippen LogP contribution in [0.3, 0.4) is 0 Å². The molecule has 0 saturated heterocycles. The van der Waals surface area contributed by atoms with Crippen molar-refractivity contribution in [1.29, 1.82) is 0 Å². The number of nitrogens with zero attached hydrogens (tertiary/aromatic N) is 2. The fourth-order valence-electron chi connectivity index (χ4n) is 9.84. The van der Waals surface area contributed by atoms with Gasteiger partial charge in [0.2, 0.25) is 0 Å². The van der Waals surface area contributed by atoms with Gasteiger partial charge in [-0.05, 0) is 117 Å². The summed E-state index contributed by atoms with van der Waals surface area (Å²) in [5.41, 5.74) is 0.210. The van der Waals surface area contributed by atoms with E-state index in [0.717, 1.165) is 83.0 Å². The zero-order chi connectivity index (χ0) is 29.9. The van der Waals surface area contributed by atoms with Crippen LogP contribution in [0.5, 0.6) is 6.01 Å². The summed E-state index contributed by atoms with van der Waals surface area (Å²) in [6.45, 7) is 6.97. The van der Waals surface area contributed by atoms with E-state index >= 15 is 0 Å². The number of nitrogens with one attached hydrogen (secondary N) is 1. The van der Waals surface area contributed by atoms with E-state index in [0.29, 0.717) is 23.7 Å². The topological polar surface area (TPSA) is 148 Å².